The second-order valence-corrected chi connectivity index (χ2v) is 7.87. The quantitative estimate of drug-likeness (QED) is 0.606. The van der Waals surface area contributed by atoms with Crippen molar-refractivity contribution in [3.8, 4) is 11.8 Å². The molecule has 2 aromatic carbocycles. The summed E-state index contributed by atoms with van der Waals surface area (Å²) in [4.78, 5) is 2.12. The van der Waals surface area contributed by atoms with Gasteiger partial charge in [0.2, 0.25) is 0 Å². The molecule has 154 valence electrons. The molecule has 1 atom stereocenters. The molecule has 2 heterocycles. The minimum Gasteiger partial charge on any atom is -0.495 e. The highest BCUT2D eigenvalue weighted by Gasteiger charge is 2.26. The lowest BCUT2D eigenvalue weighted by atomic mass is 10.00. The Kier molecular flexibility index (Phi) is 5.62. The van der Waals surface area contributed by atoms with Crippen LogP contribution in [0.1, 0.15) is 23.2 Å². The summed E-state index contributed by atoms with van der Waals surface area (Å²) in [5.41, 5.74) is 8.82. The average Bonchev–Trinajstić information content (AvgIpc) is 3.23. The molecule has 0 radical (unpaired) electrons. The van der Waals surface area contributed by atoms with Crippen molar-refractivity contribution >= 4 is 33.9 Å². The summed E-state index contributed by atoms with van der Waals surface area (Å²) in [5, 5.41) is 30.0. The molecule has 0 spiro atoms. The number of hydrogen-bond donors (Lipinski definition) is 2. The third-order valence-corrected chi connectivity index (χ3v) is 5.89. The van der Waals surface area contributed by atoms with Crippen molar-refractivity contribution in [2.24, 2.45) is 5.92 Å². The number of aliphatic hydroxyl groups is 1. The van der Waals surface area contributed by atoms with Gasteiger partial charge in [-0.15, -0.1) is 5.10 Å². The van der Waals surface area contributed by atoms with Gasteiger partial charge in [-0.2, -0.15) is 10.4 Å². The lowest BCUT2D eigenvalue weighted by Crippen LogP contribution is -2.23. The van der Waals surface area contributed by atoms with Crippen molar-refractivity contribution in [3.63, 3.8) is 0 Å². The lowest BCUT2D eigenvalue weighted by Gasteiger charge is -2.20. The molecule has 1 aliphatic rings. The molecule has 30 heavy (non-hydrogen) atoms. The molecule has 0 saturated carbocycles. The van der Waals surface area contributed by atoms with Gasteiger partial charge >= 0.3 is 0 Å². The minimum absolute atomic E-state index is 0.152. The molecule has 1 aliphatic heterocycles. The van der Waals surface area contributed by atoms with Crippen molar-refractivity contribution in [3.05, 3.63) is 52.2 Å². The molecule has 1 aromatic heterocycles. The Morgan fingerprint density at radius 3 is 2.83 bits per heavy atom. The number of nitrogens with two attached hydrogens (primary N) is 1. The third-order valence-electron chi connectivity index (χ3n) is 5.59. The number of anilines is 2. The van der Waals surface area contributed by atoms with Gasteiger partial charge in [-0.05, 0) is 36.2 Å². The number of halogens is 1. The summed E-state index contributed by atoms with van der Waals surface area (Å²) in [6, 6.07) is 11.3. The van der Waals surface area contributed by atoms with Crippen molar-refractivity contribution in [1.82, 2.24) is 10.2 Å². The number of ether oxygens (including phenoxy) is 1. The number of aliphatic hydroxyl groups excluding tert-OH is 1. The summed E-state index contributed by atoms with van der Waals surface area (Å²) in [6.45, 7) is 1.66. The van der Waals surface area contributed by atoms with E-state index in [0.717, 1.165) is 35.1 Å². The fraction of sp³-hybridized carbons (Fsp3) is 0.318. The van der Waals surface area contributed by atoms with E-state index in [0.29, 0.717) is 40.7 Å². The highest BCUT2D eigenvalue weighted by molar-refractivity contribution is 6.32. The molecule has 3 aromatic rings. The summed E-state index contributed by atoms with van der Waals surface area (Å²) in [5.74, 6) is 1.55. The largest absolute Gasteiger partial charge is 0.495 e. The van der Waals surface area contributed by atoms with Gasteiger partial charge in [-0.3, -0.25) is 0 Å². The van der Waals surface area contributed by atoms with Gasteiger partial charge < -0.3 is 20.5 Å². The van der Waals surface area contributed by atoms with Crippen LogP contribution in [0.4, 0.5) is 11.5 Å². The summed E-state index contributed by atoms with van der Waals surface area (Å²) < 4.78 is 5.22. The molecule has 1 fully saturated rings. The molecule has 8 heteroatoms. The first-order valence-electron chi connectivity index (χ1n) is 9.71. The van der Waals surface area contributed by atoms with E-state index in [1.54, 1.807) is 13.2 Å². The van der Waals surface area contributed by atoms with Crippen molar-refractivity contribution in [2.45, 2.75) is 12.8 Å². The van der Waals surface area contributed by atoms with E-state index in [1.165, 1.54) is 0 Å². The maximum Gasteiger partial charge on any atom is 0.159 e. The molecular formula is C22H22ClN5O2. The Bertz CT molecular complexity index is 1140. The Labute approximate surface area is 179 Å². The highest BCUT2D eigenvalue weighted by atomic mass is 35.5. The molecule has 4 rings (SSSR count). The number of benzene rings is 2. The van der Waals surface area contributed by atoms with Gasteiger partial charge in [-0.1, -0.05) is 17.7 Å². The predicted octanol–water partition coefficient (Wildman–Crippen LogP) is 3.16. The zero-order valence-corrected chi connectivity index (χ0v) is 17.4. The zero-order valence-electron chi connectivity index (χ0n) is 16.6. The second-order valence-electron chi connectivity index (χ2n) is 7.46. The fourth-order valence-corrected chi connectivity index (χ4v) is 4.25. The van der Waals surface area contributed by atoms with Gasteiger partial charge in [0.1, 0.15) is 11.8 Å². The number of aromatic nitrogens is 2. The Morgan fingerprint density at radius 2 is 2.17 bits per heavy atom. The molecule has 3 N–H and O–H groups in total. The zero-order chi connectivity index (χ0) is 21.3. The van der Waals surface area contributed by atoms with Crippen LogP contribution < -0.4 is 15.4 Å². The minimum atomic E-state index is 0.152. The molecule has 0 bridgehead atoms. The molecule has 7 nitrogen and oxygen atoms in total. The van der Waals surface area contributed by atoms with E-state index in [1.807, 2.05) is 24.3 Å². The van der Waals surface area contributed by atoms with E-state index in [-0.39, 0.29) is 12.5 Å². The van der Waals surface area contributed by atoms with Gasteiger partial charge in [0.25, 0.3) is 0 Å². The molecule has 0 amide bonds. The standard InChI is InChI=1S/C22H22ClN5O2/c1-30-19-5-2-13(8-17(19)23)9-18-20-16(4-3-15(10-24)21(20)25)22(27-26-18)28-7-6-14(11-28)12-29/h2-5,8,14,29H,6-7,9,11-12,25H2,1H3. The van der Waals surface area contributed by atoms with Crippen LogP contribution in [0.2, 0.25) is 5.02 Å². The predicted molar refractivity (Wildman–Crippen MR) is 117 cm³/mol. The van der Waals surface area contributed by atoms with Crippen LogP contribution in [0.25, 0.3) is 10.8 Å². The number of nitrogen functional groups attached to an aromatic ring is 1. The van der Waals surface area contributed by atoms with Gasteiger partial charge in [-0.25, -0.2) is 0 Å². The van der Waals surface area contributed by atoms with Crippen LogP contribution in [0.5, 0.6) is 5.75 Å². The number of hydrogen-bond acceptors (Lipinski definition) is 7. The van der Waals surface area contributed by atoms with Crippen LogP contribution in [-0.4, -0.2) is 42.1 Å². The number of nitriles is 1. The van der Waals surface area contributed by atoms with Gasteiger partial charge in [0.05, 0.1) is 29.1 Å². The van der Waals surface area contributed by atoms with E-state index in [4.69, 9.17) is 22.1 Å². The van der Waals surface area contributed by atoms with E-state index in [2.05, 4.69) is 21.2 Å². The monoisotopic (exact) mass is 423 g/mol. The summed E-state index contributed by atoms with van der Waals surface area (Å²) in [7, 11) is 1.57. The summed E-state index contributed by atoms with van der Waals surface area (Å²) in [6.07, 6.45) is 1.36. The highest BCUT2D eigenvalue weighted by Crippen LogP contribution is 2.35. The molecular weight excluding hydrogens is 402 g/mol. The Balaban J connectivity index is 1.81. The smallest absolute Gasteiger partial charge is 0.159 e. The van der Waals surface area contributed by atoms with E-state index >= 15 is 0 Å². The van der Waals surface area contributed by atoms with E-state index < -0.39 is 0 Å². The van der Waals surface area contributed by atoms with Crippen molar-refractivity contribution in [2.75, 3.05) is 37.4 Å². The first-order valence-corrected chi connectivity index (χ1v) is 10.1. The van der Waals surface area contributed by atoms with Crippen molar-refractivity contribution in [1.29, 1.82) is 5.26 Å². The van der Waals surface area contributed by atoms with E-state index in [9.17, 15) is 10.4 Å². The Morgan fingerprint density at radius 1 is 1.33 bits per heavy atom. The maximum atomic E-state index is 9.49. The molecule has 0 aliphatic carbocycles. The Hall–Kier alpha value is -3.08. The second kappa shape index (κ2) is 8.34. The SMILES string of the molecule is COc1ccc(Cc2nnc(N3CCC(CO)C3)c3ccc(C#N)c(N)c23)cc1Cl. The van der Waals surface area contributed by atoms with Gasteiger partial charge in [0.15, 0.2) is 5.82 Å². The van der Waals surface area contributed by atoms with Crippen LogP contribution in [0, 0.1) is 17.2 Å². The normalized spacial score (nSPS) is 16.1. The first-order chi connectivity index (χ1) is 14.5. The molecule has 1 saturated heterocycles. The topological polar surface area (TPSA) is 108 Å². The number of methoxy groups -OCH3 is 1. The van der Waals surface area contributed by atoms with Gasteiger partial charge in [0, 0.05) is 42.8 Å². The average molecular weight is 424 g/mol. The first kappa shape index (κ1) is 20.2. The number of rotatable bonds is 5. The van der Waals surface area contributed by atoms with Crippen molar-refractivity contribution < 1.29 is 9.84 Å². The van der Waals surface area contributed by atoms with Crippen LogP contribution in [-0.2, 0) is 6.42 Å². The van der Waals surface area contributed by atoms with Crippen LogP contribution in [0.15, 0.2) is 30.3 Å². The summed E-state index contributed by atoms with van der Waals surface area (Å²) >= 11 is 6.28. The van der Waals surface area contributed by atoms with Crippen LogP contribution >= 0.6 is 11.6 Å². The maximum absolute atomic E-state index is 9.49. The number of nitrogens with zero attached hydrogens (tertiary/aromatic N) is 4. The third kappa shape index (κ3) is 3.60. The van der Waals surface area contributed by atoms with Crippen LogP contribution in [0.3, 0.4) is 0 Å². The number of fused-ring (bicyclic) bond motifs is 1. The fourth-order valence-electron chi connectivity index (χ4n) is 3.97. The molecule has 1 unspecified atom stereocenters. The lowest BCUT2D eigenvalue weighted by molar-refractivity contribution is 0.238.